The molecule has 1 fully saturated rings. The molecule has 2 N–H and O–H groups in total. The molecule has 0 amide bonds. The van der Waals surface area contributed by atoms with Crippen LogP contribution in [0.2, 0.25) is 25.7 Å². The summed E-state index contributed by atoms with van der Waals surface area (Å²) in [6, 6.07) is 1.62. The van der Waals surface area contributed by atoms with Gasteiger partial charge in [-0.3, -0.25) is 4.90 Å². The maximum absolute atomic E-state index is 5.91. The van der Waals surface area contributed by atoms with Crippen LogP contribution < -0.4 is 5.73 Å². The summed E-state index contributed by atoms with van der Waals surface area (Å²) in [4.78, 5) is 2.33. The van der Waals surface area contributed by atoms with E-state index in [9.17, 15) is 0 Å². The van der Waals surface area contributed by atoms with Gasteiger partial charge in [0.2, 0.25) is 0 Å². The molecular formula is C11H26N2OSi. The molecule has 1 aliphatic rings. The number of hydrogen-bond donors (Lipinski definition) is 1. The molecular weight excluding hydrogens is 204 g/mol. The summed E-state index contributed by atoms with van der Waals surface area (Å²) in [6.07, 6.45) is 2.39. The Morgan fingerprint density at radius 2 is 2.13 bits per heavy atom. The number of likely N-dealkylation sites (tertiary alicyclic amines) is 1. The van der Waals surface area contributed by atoms with Crippen LogP contribution in [0.5, 0.6) is 0 Å². The van der Waals surface area contributed by atoms with Gasteiger partial charge in [-0.2, -0.15) is 0 Å². The highest BCUT2D eigenvalue weighted by Crippen LogP contribution is 2.10. The third-order valence-corrected chi connectivity index (χ3v) is 4.52. The van der Waals surface area contributed by atoms with Crippen molar-refractivity contribution in [3.63, 3.8) is 0 Å². The number of nitrogens with two attached hydrogens (primary N) is 1. The van der Waals surface area contributed by atoms with Crippen molar-refractivity contribution in [2.75, 3.05) is 26.4 Å². The van der Waals surface area contributed by atoms with Gasteiger partial charge in [0.15, 0.2) is 0 Å². The quantitative estimate of drug-likeness (QED) is 0.577. The summed E-state index contributed by atoms with van der Waals surface area (Å²) in [6.45, 7) is 11.0. The molecule has 0 aromatic rings. The molecule has 15 heavy (non-hydrogen) atoms. The number of hydrogen-bond acceptors (Lipinski definition) is 3. The zero-order valence-electron chi connectivity index (χ0n) is 10.5. The Hall–Kier alpha value is 0.0969. The Morgan fingerprint density at radius 1 is 1.40 bits per heavy atom. The van der Waals surface area contributed by atoms with Gasteiger partial charge >= 0.3 is 0 Å². The first-order valence-corrected chi connectivity index (χ1v) is 9.74. The van der Waals surface area contributed by atoms with E-state index in [1.54, 1.807) is 0 Å². The lowest BCUT2D eigenvalue weighted by Gasteiger charge is -2.30. The Morgan fingerprint density at radius 3 is 2.73 bits per heavy atom. The van der Waals surface area contributed by atoms with Crippen LogP contribution in [0.15, 0.2) is 0 Å². The van der Waals surface area contributed by atoms with Crippen molar-refractivity contribution in [1.82, 2.24) is 4.90 Å². The lowest BCUT2D eigenvalue weighted by atomic mass is 10.1. The Balaban J connectivity index is 2.04. The maximum atomic E-state index is 5.91. The van der Waals surface area contributed by atoms with Crippen LogP contribution in [0.3, 0.4) is 0 Å². The second-order valence-corrected chi connectivity index (χ2v) is 11.4. The molecule has 0 aliphatic carbocycles. The predicted octanol–water partition coefficient (Wildman–Crippen LogP) is 1.72. The summed E-state index contributed by atoms with van der Waals surface area (Å²) in [5, 5.41) is 0. The van der Waals surface area contributed by atoms with E-state index in [0.717, 1.165) is 26.4 Å². The van der Waals surface area contributed by atoms with Crippen LogP contribution in [0.4, 0.5) is 0 Å². The molecule has 0 bridgehead atoms. The van der Waals surface area contributed by atoms with Crippen LogP contribution >= 0.6 is 0 Å². The van der Waals surface area contributed by atoms with Crippen molar-refractivity contribution in [1.29, 1.82) is 0 Å². The fourth-order valence-electron chi connectivity index (χ4n) is 1.78. The first-order chi connectivity index (χ1) is 6.97. The van der Waals surface area contributed by atoms with Crippen LogP contribution in [0, 0.1) is 0 Å². The standard InChI is InChI=1S/C11H26N2OSi/c1-15(2,3)8-7-14-10-13-6-4-5-11(12)9-13/h11H,4-10,12H2,1-3H3. The van der Waals surface area contributed by atoms with Gasteiger partial charge in [-0.15, -0.1) is 0 Å². The van der Waals surface area contributed by atoms with E-state index in [2.05, 4.69) is 24.5 Å². The first-order valence-electron chi connectivity index (χ1n) is 6.03. The minimum Gasteiger partial charge on any atom is -0.366 e. The van der Waals surface area contributed by atoms with Crippen molar-refractivity contribution < 1.29 is 4.74 Å². The number of ether oxygens (including phenoxy) is 1. The average molecular weight is 230 g/mol. The molecule has 1 heterocycles. The van der Waals surface area contributed by atoms with Gasteiger partial charge < -0.3 is 10.5 Å². The van der Waals surface area contributed by atoms with Gasteiger partial charge in [0.1, 0.15) is 0 Å². The van der Waals surface area contributed by atoms with E-state index in [4.69, 9.17) is 10.5 Å². The predicted molar refractivity (Wildman–Crippen MR) is 67.8 cm³/mol. The monoisotopic (exact) mass is 230 g/mol. The lowest BCUT2D eigenvalue weighted by molar-refractivity contribution is 0.0209. The zero-order valence-corrected chi connectivity index (χ0v) is 11.5. The minimum absolute atomic E-state index is 0.361. The van der Waals surface area contributed by atoms with Crippen molar-refractivity contribution in [2.45, 2.75) is 44.6 Å². The topological polar surface area (TPSA) is 38.5 Å². The molecule has 1 saturated heterocycles. The second kappa shape index (κ2) is 5.99. The molecule has 3 nitrogen and oxygen atoms in total. The molecule has 1 unspecified atom stereocenters. The first kappa shape index (κ1) is 13.2. The Bertz CT molecular complexity index is 182. The van der Waals surface area contributed by atoms with E-state index in [1.165, 1.54) is 18.9 Å². The molecule has 0 saturated carbocycles. The van der Waals surface area contributed by atoms with Crippen molar-refractivity contribution in [3.05, 3.63) is 0 Å². The Labute approximate surface area is 95.0 Å². The van der Waals surface area contributed by atoms with E-state index >= 15 is 0 Å². The molecule has 0 aromatic heterocycles. The zero-order chi connectivity index (χ0) is 11.3. The van der Waals surface area contributed by atoms with E-state index < -0.39 is 8.07 Å². The number of piperidine rings is 1. The van der Waals surface area contributed by atoms with Crippen LogP contribution in [-0.4, -0.2) is 45.4 Å². The van der Waals surface area contributed by atoms with Crippen molar-refractivity contribution in [3.8, 4) is 0 Å². The van der Waals surface area contributed by atoms with Gasteiger partial charge in [-0.05, 0) is 18.9 Å². The lowest BCUT2D eigenvalue weighted by Crippen LogP contribution is -2.43. The second-order valence-electron chi connectivity index (χ2n) is 5.83. The summed E-state index contributed by atoms with van der Waals surface area (Å²) >= 11 is 0. The molecule has 0 aromatic carbocycles. The minimum atomic E-state index is -0.926. The van der Waals surface area contributed by atoms with Crippen LogP contribution in [0.1, 0.15) is 12.8 Å². The third kappa shape index (κ3) is 6.30. The summed E-state index contributed by atoms with van der Waals surface area (Å²) in [5.74, 6) is 0. The molecule has 90 valence electrons. The largest absolute Gasteiger partial charge is 0.366 e. The van der Waals surface area contributed by atoms with E-state index in [0.29, 0.717) is 6.04 Å². The normalized spacial score (nSPS) is 24.4. The number of rotatable bonds is 5. The van der Waals surface area contributed by atoms with Gasteiger partial charge in [0.05, 0.1) is 6.73 Å². The molecule has 1 atom stereocenters. The van der Waals surface area contributed by atoms with Gasteiger partial charge in [-0.25, -0.2) is 0 Å². The summed E-state index contributed by atoms with van der Waals surface area (Å²) in [7, 11) is -0.926. The fourth-order valence-corrected chi connectivity index (χ4v) is 2.54. The SMILES string of the molecule is C[Si](C)(C)CCOCN1CCCC(N)C1. The molecule has 4 heteroatoms. The summed E-state index contributed by atoms with van der Waals surface area (Å²) < 4.78 is 5.70. The maximum Gasteiger partial charge on any atom is 0.0990 e. The van der Waals surface area contributed by atoms with Crippen LogP contribution in [0.25, 0.3) is 0 Å². The number of nitrogens with zero attached hydrogens (tertiary/aromatic N) is 1. The summed E-state index contributed by atoms with van der Waals surface area (Å²) in [5.41, 5.74) is 5.91. The van der Waals surface area contributed by atoms with Crippen molar-refractivity contribution >= 4 is 8.07 Å². The smallest absolute Gasteiger partial charge is 0.0990 e. The van der Waals surface area contributed by atoms with Crippen molar-refractivity contribution in [2.24, 2.45) is 5.73 Å². The Kier molecular flexibility index (Phi) is 5.25. The average Bonchev–Trinajstić information content (AvgIpc) is 2.11. The highest BCUT2D eigenvalue weighted by atomic mass is 28.3. The molecule has 0 spiro atoms. The molecule has 1 aliphatic heterocycles. The van der Waals surface area contributed by atoms with Gasteiger partial charge in [-0.1, -0.05) is 19.6 Å². The van der Waals surface area contributed by atoms with E-state index in [1.807, 2.05) is 0 Å². The third-order valence-electron chi connectivity index (χ3n) is 2.81. The highest BCUT2D eigenvalue weighted by molar-refractivity contribution is 6.76. The fraction of sp³-hybridized carbons (Fsp3) is 1.00. The molecule has 1 rings (SSSR count). The van der Waals surface area contributed by atoms with E-state index in [-0.39, 0.29) is 0 Å². The molecule has 0 radical (unpaired) electrons. The van der Waals surface area contributed by atoms with Gasteiger partial charge in [0, 0.05) is 33.8 Å². The van der Waals surface area contributed by atoms with Gasteiger partial charge in [0.25, 0.3) is 0 Å². The highest BCUT2D eigenvalue weighted by Gasteiger charge is 2.17. The van der Waals surface area contributed by atoms with Crippen LogP contribution in [-0.2, 0) is 4.74 Å².